The Morgan fingerprint density at radius 1 is 1.11 bits per heavy atom. The van der Waals surface area contributed by atoms with E-state index < -0.39 is 0 Å². The van der Waals surface area contributed by atoms with Crippen molar-refractivity contribution in [3.05, 3.63) is 55.7 Å². The summed E-state index contributed by atoms with van der Waals surface area (Å²) in [6.07, 6.45) is 0. The molecule has 0 radical (unpaired) electrons. The second kappa shape index (κ2) is 4.94. The molecule has 2 aromatic carbocycles. The first-order valence-electron chi connectivity index (χ1n) is 5.42. The van der Waals surface area contributed by atoms with Gasteiger partial charge in [-0.2, -0.15) is 0 Å². The molecule has 0 fully saturated rings. The molecule has 1 N–H and O–H groups in total. The number of nitrogens with zero attached hydrogens (tertiary/aromatic N) is 1. The fourth-order valence-corrected chi connectivity index (χ4v) is 3.13. The monoisotopic (exact) mass is 372 g/mol. The lowest BCUT2D eigenvalue weighted by Crippen LogP contribution is -1.95. The first-order chi connectivity index (χ1) is 9.06. The molecule has 0 amide bonds. The summed E-state index contributed by atoms with van der Waals surface area (Å²) in [7, 11) is 0. The van der Waals surface area contributed by atoms with Crippen molar-refractivity contribution in [2.24, 2.45) is 0 Å². The molecule has 0 atom stereocenters. The van der Waals surface area contributed by atoms with E-state index in [0.29, 0.717) is 14.8 Å². The molecule has 0 unspecified atom stereocenters. The molecule has 0 spiro atoms. The van der Waals surface area contributed by atoms with Gasteiger partial charge in [0.05, 0.1) is 21.7 Å². The SMILES string of the molecule is S=c1[nH]c2ccc(Br)cc2n1-c1ccc(Cl)cc1Cl. The van der Waals surface area contributed by atoms with E-state index in [1.54, 1.807) is 12.1 Å². The minimum absolute atomic E-state index is 0.560. The van der Waals surface area contributed by atoms with Gasteiger partial charge in [-0.15, -0.1) is 0 Å². The topological polar surface area (TPSA) is 20.7 Å². The Bertz CT molecular complexity index is 838. The Morgan fingerprint density at radius 2 is 1.89 bits per heavy atom. The number of H-pyrrole nitrogens is 1. The van der Waals surface area contributed by atoms with Crippen molar-refractivity contribution in [2.75, 3.05) is 0 Å². The standard InChI is InChI=1S/C13H7BrCl2N2S/c14-7-1-3-10-12(5-7)18(13(19)17-10)11-4-2-8(15)6-9(11)16/h1-6H,(H,17,19). The van der Waals surface area contributed by atoms with Crippen LogP contribution in [-0.4, -0.2) is 9.55 Å². The number of aromatic nitrogens is 2. The summed E-state index contributed by atoms with van der Waals surface area (Å²) >= 11 is 21.0. The van der Waals surface area contributed by atoms with E-state index in [2.05, 4.69) is 20.9 Å². The van der Waals surface area contributed by atoms with Gasteiger partial charge in [-0.1, -0.05) is 39.1 Å². The maximum atomic E-state index is 6.26. The Morgan fingerprint density at radius 3 is 2.63 bits per heavy atom. The first-order valence-corrected chi connectivity index (χ1v) is 7.38. The van der Waals surface area contributed by atoms with Gasteiger partial charge < -0.3 is 4.98 Å². The lowest BCUT2D eigenvalue weighted by Gasteiger charge is -2.07. The van der Waals surface area contributed by atoms with Crippen LogP contribution in [0.1, 0.15) is 0 Å². The summed E-state index contributed by atoms with van der Waals surface area (Å²) in [5.41, 5.74) is 2.73. The Hall–Kier alpha value is -0.810. The number of fused-ring (bicyclic) bond motifs is 1. The van der Waals surface area contributed by atoms with Gasteiger partial charge in [0, 0.05) is 9.50 Å². The third-order valence-electron chi connectivity index (χ3n) is 2.80. The number of aromatic amines is 1. The van der Waals surface area contributed by atoms with E-state index in [1.165, 1.54) is 0 Å². The van der Waals surface area contributed by atoms with Crippen LogP contribution >= 0.6 is 51.3 Å². The second-order valence-electron chi connectivity index (χ2n) is 4.02. The molecule has 0 aliphatic carbocycles. The van der Waals surface area contributed by atoms with Crippen LogP contribution in [0.2, 0.25) is 10.0 Å². The van der Waals surface area contributed by atoms with Crippen LogP contribution < -0.4 is 0 Å². The van der Waals surface area contributed by atoms with Gasteiger partial charge in [-0.3, -0.25) is 4.57 Å². The average Bonchev–Trinajstić information content (AvgIpc) is 2.65. The fraction of sp³-hybridized carbons (Fsp3) is 0. The smallest absolute Gasteiger partial charge is 0.182 e. The Labute approximate surface area is 133 Å². The van der Waals surface area contributed by atoms with Crippen LogP contribution in [0.5, 0.6) is 0 Å². The van der Waals surface area contributed by atoms with Gasteiger partial charge in [0.25, 0.3) is 0 Å². The predicted molar refractivity (Wildman–Crippen MR) is 86.2 cm³/mol. The zero-order chi connectivity index (χ0) is 13.6. The molecule has 2 nitrogen and oxygen atoms in total. The molecule has 6 heteroatoms. The minimum atomic E-state index is 0.560. The van der Waals surface area contributed by atoms with Gasteiger partial charge in [0.1, 0.15) is 0 Å². The third kappa shape index (κ3) is 2.34. The van der Waals surface area contributed by atoms with Crippen LogP contribution in [0.3, 0.4) is 0 Å². The minimum Gasteiger partial charge on any atom is -0.330 e. The largest absolute Gasteiger partial charge is 0.330 e. The Balaban J connectivity index is 2.38. The molecule has 1 aromatic heterocycles. The van der Waals surface area contributed by atoms with Gasteiger partial charge in [0.15, 0.2) is 4.77 Å². The maximum Gasteiger partial charge on any atom is 0.182 e. The summed E-state index contributed by atoms with van der Waals surface area (Å²) < 4.78 is 3.47. The second-order valence-corrected chi connectivity index (χ2v) is 6.17. The number of nitrogens with one attached hydrogen (secondary N) is 1. The molecule has 0 aliphatic rings. The van der Waals surface area contributed by atoms with Crippen LogP contribution in [0.15, 0.2) is 40.9 Å². The van der Waals surface area contributed by atoms with Crippen molar-refractivity contribution >= 4 is 62.4 Å². The lowest BCUT2D eigenvalue weighted by atomic mass is 10.3. The van der Waals surface area contributed by atoms with Crippen LogP contribution in [-0.2, 0) is 0 Å². The molecule has 0 bridgehead atoms. The number of hydrogen-bond donors (Lipinski definition) is 1. The highest BCUT2D eigenvalue weighted by molar-refractivity contribution is 9.10. The van der Waals surface area contributed by atoms with Crippen molar-refractivity contribution < 1.29 is 0 Å². The highest BCUT2D eigenvalue weighted by Gasteiger charge is 2.10. The first kappa shape index (κ1) is 13.2. The third-order valence-corrected chi connectivity index (χ3v) is 4.11. The van der Waals surface area contributed by atoms with Crippen molar-refractivity contribution in [3.63, 3.8) is 0 Å². The normalized spacial score (nSPS) is 11.1. The maximum absolute atomic E-state index is 6.26. The van der Waals surface area contributed by atoms with E-state index in [9.17, 15) is 0 Å². The lowest BCUT2D eigenvalue weighted by molar-refractivity contribution is 1.06. The molecule has 0 saturated heterocycles. The summed E-state index contributed by atoms with van der Waals surface area (Å²) in [6, 6.07) is 11.3. The van der Waals surface area contributed by atoms with E-state index in [1.807, 2.05) is 28.8 Å². The number of benzene rings is 2. The van der Waals surface area contributed by atoms with E-state index in [0.717, 1.165) is 21.2 Å². The van der Waals surface area contributed by atoms with Crippen molar-refractivity contribution in [2.45, 2.75) is 0 Å². The molecule has 96 valence electrons. The quantitative estimate of drug-likeness (QED) is 0.538. The zero-order valence-electron chi connectivity index (χ0n) is 9.45. The fourth-order valence-electron chi connectivity index (χ4n) is 1.98. The highest BCUT2D eigenvalue weighted by Crippen LogP contribution is 2.29. The summed E-state index contributed by atoms with van der Waals surface area (Å²) in [5, 5.41) is 1.16. The van der Waals surface area contributed by atoms with E-state index in [4.69, 9.17) is 35.4 Å². The molecule has 3 rings (SSSR count). The molecular formula is C13H7BrCl2N2S. The molecule has 1 heterocycles. The van der Waals surface area contributed by atoms with Gasteiger partial charge in [-0.05, 0) is 48.6 Å². The van der Waals surface area contributed by atoms with E-state index >= 15 is 0 Å². The van der Waals surface area contributed by atoms with Gasteiger partial charge >= 0.3 is 0 Å². The number of imidazole rings is 1. The number of halogens is 3. The summed E-state index contributed by atoms with van der Waals surface area (Å²) in [5.74, 6) is 0. The van der Waals surface area contributed by atoms with E-state index in [-0.39, 0.29) is 0 Å². The molecule has 0 saturated carbocycles. The molecule has 19 heavy (non-hydrogen) atoms. The summed E-state index contributed by atoms with van der Waals surface area (Å²) in [4.78, 5) is 3.16. The predicted octanol–water partition coefficient (Wildman–Crippen LogP) is 5.76. The van der Waals surface area contributed by atoms with Gasteiger partial charge in [0.2, 0.25) is 0 Å². The van der Waals surface area contributed by atoms with Gasteiger partial charge in [-0.25, -0.2) is 0 Å². The molecular weight excluding hydrogens is 367 g/mol. The average molecular weight is 374 g/mol. The zero-order valence-corrected chi connectivity index (χ0v) is 13.4. The van der Waals surface area contributed by atoms with Crippen LogP contribution in [0.25, 0.3) is 16.7 Å². The van der Waals surface area contributed by atoms with Crippen LogP contribution in [0.4, 0.5) is 0 Å². The number of hydrogen-bond acceptors (Lipinski definition) is 1. The van der Waals surface area contributed by atoms with Crippen molar-refractivity contribution in [1.82, 2.24) is 9.55 Å². The van der Waals surface area contributed by atoms with Crippen LogP contribution in [0, 0.1) is 4.77 Å². The summed E-state index contributed by atoms with van der Waals surface area (Å²) in [6.45, 7) is 0. The number of rotatable bonds is 1. The molecule has 3 aromatic rings. The van der Waals surface area contributed by atoms with Crippen molar-refractivity contribution in [1.29, 1.82) is 0 Å². The molecule has 0 aliphatic heterocycles. The highest BCUT2D eigenvalue weighted by atomic mass is 79.9. The van der Waals surface area contributed by atoms with Crippen molar-refractivity contribution in [3.8, 4) is 5.69 Å². The Kier molecular flexibility index (Phi) is 3.43.